The van der Waals surface area contributed by atoms with Gasteiger partial charge in [-0.25, -0.2) is 0 Å². The van der Waals surface area contributed by atoms with E-state index >= 15 is 0 Å². The van der Waals surface area contributed by atoms with Crippen molar-refractivity contribution < 1.29 is 14.0 Å². The zero-order valence-corrected chi connectivity index (χ0v) is 12.8. The van der Waals surface area contributed by atoms with Gasteiger partial charge in [-0.15, -0.1) is 0 Å². The summed E-state index contributed by atoms with van der Waals surface area (Å²) in [5.74, 6) is -0.618. The maximum atomic E-state index is 12.7. The van der Waals surface area contributed by atoms with E-state index in [-0.39, 0.29) is 11.7 Å². The summed E-state index contributed by atoms with van der Waals surface area (Å²) in [6, 6.07) is 20.5. The number of hydrogen-bond acceptors (Lipinski definition) is 3. The molecule has 0 aliphatic heterocycles. The first-order valence-electron chi connectivity index (χ1n) is 7.49. The van der Waals surface area contributed by atoms with Crippen LogP contribution in [0.15, 0.2) is 83.5 Å². The third kappa shape index (κ3) is 3.70. The number of rotatable bonds is 5. The van der Waals surface area contributed by atoms with Crippen molar-refractivity contribution in [3.8, 4) is 0 Å². The Balaban J connectivity index is 1.82. The van der Waals surface area contributed by atoms with Gasteiger partial charge >= 0.3 is 0 Å². The first kappa shape index (κ1) is 15.6. The second-order valence-corrected chi connectivity index (χ2v) is 5.15. The van der Waals surface area contributed by atoms with E-state index in [9.17, 15) is 9.59 Å². The van der Waals surface area contributed by atoms with Gasteiger partial charge in [0.25, 0.3) is 11.8 Å². The van der Waals surface area contributed by atoms with Crippen molar-refractivity contribution in [3.63, 3.8) is 0 Å². The summed E-state index contributed by atoms with van der Waals surface area (Å²) >= 11 is 0. The normalized spacial score (nSPS) is 11.5. The zero-order valence-electron chi connectivity index (χ0n) is 12.8. The Hall–Kier alpha value is -3.34. The monoisotopic (exact) mass is 320 g/mol. The van der Waals surface area contributed by atoms with E-state index in [1.807, 2.05) is 36.4 Å². The summed E-state index contributed by atoms with van der Waals surface area (Å²) in [5, 5.41) is 5.52. The molecular weight excluding hydrogens is 304 g/mol. The Labute approximate surface area is 139 Å². The summed E-state index contributed by atoms with van der Waals surface area (Å²) in [6.07, 6.45) is 1.41. The minimum absolute atomic E-state index is 0.156. The molecule has 1 atom stereocenters. The predicted octanol–water partition coefficient (Wildman–Crippen LogP) is 3.39. The fraction of sp³-hybridized carbons (Fsp3) is 0.0526. The van der Waals surface area contributed by atoms with E-state index in [4.69, 9.17) is 4.42 Å². The average Bonchev–Trinajstić information content (AvgIpc) is 3.16. The second kappa shape index (κ2) is 7.28. The number of benzene rings is 2. The van der Waals surface area contributed by atoms with Crippen molar-refractivity contribution in [1.29, 1.82) is 0 Å². The van der Waals surface area contributed by atoms with Gasteiger partial charge in [-0.1, -0.05) is 48.5 Å². The highest BCUT2D eigenvalue weighted by molar-refractivity contribution is 6.00. The summed E-state index contributed by atoms with van der Waals surface area (Å²) in [6.45, 7) is 0. The number of para-hydroxylation sites is 1. The third-order valence-electron chi connectivity index (χ3n) is 3.46. The maximum absolute atomic E-state index is 12.7. The van der Waals surface area contributed by atoms with Crippen LogP contribution in [0.1, 0.15) is 22.2 Å². The van der Waals surface area contributed by atoms with E-state index in [0.29, 0.717) is 11.3 Å². The molecule has 0 aliphatic rings. The number of furan rings is 1. The largest absolute Gasteiger partial charge is 0.459 e. The van der Waals surface area contributed by atoms with Crippen molar-refractivity contribution in [3.05, 3.63) is 90.4 Å². The lowest BCUT2D eigenvalue weighted by molar-refractivity contribution is -0.118. The van der Waals surface area contributed by atoms with Gasteiger partial charge in [-0.3, -0.25) is 9.59 Å². The van der Waals surface area contributed by atoms with Crippen molar-refractivity contribution in [2.45, 2.75) is 6.04 Å². The second-order valence-electron chi connectivity index (χ2n) is 5.15. The molecule has 0 saturated heterocycles. The highest BCUT2D eigenvalue weighted by Gasteiger charge is 2.24. The van der Waals surface area contributed by atoms with Gasteiger partial charge in [0.15, 0.2) is 5.76 Å². The van der Waals surface area contributed by atoms with E-state index in [1.54, 1.807) is 36.4 Å². The van der Waals surface area contributed by atoms with Crippen LogP contribution in [0.25, 0.3) is 0 Å². The fourth-order valence-electron chi connectivity index (χ4n) is 2.29. The standard InChI is InChI=1S/C19H16N2O3/c22-18(16-12-7-13-24-16)21-17(14-8-3-1-4-9-14)19(23)20-15-10-5-2-6-11-15/h1-13,17H,(H,20,23)(H,21,22). The van der Waals surface area contributed by atoms with Crippen molar-refractivity contribution >= 4 is 17.5 Å². The van der Waals surface area contributed by atoms with E-state index < -0.39 is 11.9 Å². The molecule has 1 unspecified atom stereocenters. The minimum Gasteiger partial charge on any atom is -0.459 e. The highest BCUT2D eigenvalue weighted by atomic mass is 16.3. The van der Waals surface area contributed by atoms with Crippen LogP contribution in [0.4, 0.5) is 5.69 Å². The minimum atomic E-state index is -0.830. The van der Waals surface area contributed by atoms with Crippen LogP contribution in [0.2, 0.25) is 0 Å². The molecule has 0 bridgehead atoms. The molecule has 120 valence electrons. The molecule has 5 heteroatoms. The van der Waals surface area contributed by atoms with Crippen molar-refractivity contribution in [2.24, 2.45) is 0 Å². The quantitative estimate of drug-likeness (QED) is 0.757. The Morgan fingerprint density at radius 2 is 1.50 bits per heavy atom. The molecule has 2 amide bonds. The SMILES string of the molecule is O=C(NC(C(=O)Nc1ccccc1)c1ccccc1)c1ccco1. The van der Waals surface area contributed by atoms with Crippen LogP contribution >= 0.6 is 0 Å². The molecular formula is C19H16N2O3. The molecule has 2 aromatic carbocycles. The first-order chi connectivity index (χ1) is 11.7. The molecule has 0 aliphatic carbocycles. The van der Waals surface area contributed by atoms with Crippen LogP contribution in [-0.2, 0) is 4.79 Å². The molecule has 24 heavy (non-hydrogen) atoms. The molecule has 1 heterocycles. The first-order valence-corrected chi connectivity index (χ1v) is 7.49. The Bertz CT molecular complexity index is 799. The molecule has 2 N–H and O–H groups in total. The van der Waals surface area contributed by atoms with Crippen LogP contribution < -0.4 is 10.6 Å². The van der Waals surface area contributed by atoms with E-state index in [2.05, 4.69) is 10.6 Å². The molecule has 0 saturated carbocycles. The summed E-state index contributed by atoms with van der Waals surface area (Å²) in [4.78, 5) is 24.9. The maximum Gasteiger partial charge on any atom is 0.287 e. The lowest BCUT2D eigenvalue weighted by Gasteiger charge is -2.18. The number of hydrogen-bond donors (Lipinski definition) is 2. The van der Waals surface area contributed by atoms with Crippen LogP contribution in [0.5, 0.6) is 0 Å². The lowest BCUT2D eigenvalue weighted by atomic mass is 10.1. The third-order valence-corrected chi connectivity index (χ3v) is 3.46. The molecule has 3 aromatic rings. The number of carbonyl (C=O) groups is 2. The Kier molecular flexibility index (Phi) is 4.72. The van der Waals surface area contributed by atoms with Crippen molar-refractivity contribution in [2.75, 3.05) is 5.32 Å². The summed E-state index contributed by atoms with van der Waals surface area (Å²) < 4.78 is 5.09. The van der Waals surface area contributed by atoms with Gasteiger partial charge in [0.1, 0.15) is 6.04 Å². The molecule has 0 fully saturated rings. The van der Waals surface area contributed by atoms with E-state index in [1.165, 1.54) is 6.26 Å². The Morgan fingerprint density at radius 3 is 2.12 bits per heavy atom. The molecule has 5 nitrogen and oxygen atoms in total. The molecule has 1 aromatic heterocycles. The van der Waals surface area contributed by atoms with Crippen molar-refractivity contribution in [1.82, 2.24) is 5.32 Å². The number of carbonyl (C=O) groups excluding carboxylic acids is 2. The van der Waals surface area contributed by atoms with E-state index in [0.717, 1.165) is 0 Å². The van der Waals surface area contributed by atoms with Crippen LogP contribution in [0, 0.1) is 0 Å². The smallest absolute Gasteiger partial charge is 0.287 e. The Morgan fingerprint density at radius 1 is 0.833 bits per heavy atom. The number of anilines is 1. The van der Waals surface area contributed by atoms with Gasteiger partial charge in [0.05, 0.1) is 6.26 Å². The number of nitrogens with one attached hydrogen (secondary N) is 2. The highest BCUT2D eigenvalue weighted by Crippen LogP contribution is 2.17. The summed E-state index contributed by atoms with van der Waals surface area (Å²) in [7, 11) is 0. The van der Waals surface area contributed by atoms with Crippen LogP contribution in [-0.4, -0.2) is 11.8 Å². The van der Waals surface area contributed by atoms with Gasteiger partial charge in [0.2, 0.25) is 0 Å². The number of amides is 2. The predicted molar refractivity (Wildman–Crippen MR) is 90.4 cm³/mol. The van der Waals surface area contributed by atoms with Gasteiger partial charge in [-0.2, -0.15) is 0 Å². The van der Waals surface area contributed by atoms with Gasteiger partial charge in [0, 0.05) is 5.69 Å². The topological polar surface area (TPSA) is 71.3 Å². The van der Waals surface area contributed by atoms with Gasteiger partial charge in [-0.05, 0) is 29.8 Å². The summed E-state index contributed by atoms with van der Waals surface area (Å²) in [5.41, 5.74) is 1.35. The van der Waals surface area contributed by atoms with Crippen LogP contribution in [0.3, 0.4) is 0 Å². The lowest BCUT2D eigenvalue weighted by Crippen LogP contribution is -2.36. The molecule has 3 rings (SSSR count). The average molecular weight is 320 g/mol. The zero-order chi connectivity index (χ0) is 16.8. The molecule has 0 radical (unpaired) electrons. The fourth-order valence-corrected chi connectivity index (χ4v) is 2.29. The molecule has 0 spiro atoms. The van der Waals surface area contributed by atoms with Gasteiger partial charge < -0.3 is 15.1 Å².